The van der Waals surface area contributed by atoms with Crippen LogP contribution in [0, 0.1) is 0 Å². The number of nitrogens with zero attached hydrogens (tertiary/aromatic N) is 3. The second kappa shape index (κ2) is 4.75. The van der Waals surface area contributed by atoms with E-state index >= 15 is 0 Å². The maximum absolute atomic E-state index is 4.06. The molecule has 4 heterocycles. The smallest absolute Gasteiger partial charge is 0.0646 e. The number of pyridine rings is 1. The molecule has 88 valence electrons. The normalized spacial score (nSPS) is 10.2. The molecule has 0 saturated heterocycles. The molecule has 0 aliphatic heterocycles. The Morgan fingerprint density at radius 2 is 1.39 bits per heavy atom. The fourth-order valence-corrected chi connectivity index (χ4v) is 1.86. The first kappa shape index (κ1) is 10.6. The molecule has 0 amide bonds. The van der Waals surface area contributed by atoms with E-state index in [0.717, 1.165) is 5.52 Å². The number of aromatic nitrogens is 3. The predicted molar refractivity (Wildman–Crippen MR) is 72.6 cm³/mol. The largest absolute Gasteiger partial charge is 0.324 e. The first-order valence-electron chi connectivity index (χ1n) is 5.83. The van der Waals surface area contributed by atoms with Crippen molar-refractivity contribution in [3.05, 3.63) is 79.4 Å². The summed E-state index contributed by atoms with van der Waals surface area (Å²) in [4.78, 5) is 0. The van der Waals surface area contributed by atoms with Gasteiger partial charge in [0.25, 0.3) is 0 Å². The van der Waals surface area contributed by atoms with Gasteiger partial charge in [0.05, 0.1) is 5.52 Å². The fourth-order valence-electron chi connectivity index (χ4n) is 1.86. The summed E-state index contributed by atoms with van der Waals surface area (Å²) < 4.78 is 3.92. The van der Waals surface area contributed by atoms with Gasteiger partial charge in [-0.25, -0.2) is 4.52 Å². The first-order chi connectivity index (χ1) is 8.93. The third kappa shape index (κ3) is 2.11. The minimum absolute atomic E-state index is 1.14. The minimum atomic E-state index is 1.14. The first-order valence-corrected chi connectivity index (χ1v) is 5.83. The van der Waals surface area contributed by atoms with Crippen LogP contribution in [0.2, 0.25) is 0 Å². The number of hydrogen-bond donors (Lipinski definition) is 0. The average Bonchev–Trinajstić information content (AvgIpc) is 3.08. The van der Waals surface area contributed by atoms with Gasteiger partial charge in [0, 0.05) is 30.3 Å². The van der Waals surface area contributed by atoms with Crippen molar-refractivity contribution in [2.45, 2.75) is 0 Å². The summed E-state index contributed by atoms with van der Waals surface area (Å²) in [7, 11) is 0. The zero-order valence-electron chi connectivity index (χ0n) is 9.85. The van der Waals surface area contributed by atoms with Gasteiger partial charge >= 0.3 is 0 Å². The molecule has 0 fully saturated rings. The van der Waals surface area contributed by atoms with Gasteiger partial charge in [-0.15, -0.1) is 0 Å². The van der Waals surface area contributed by atoms with Crippen LogP contribution in [0.3, 0.4) is 0 Å². The van der Waals surface area contributed by atoms with Crippen LogP contribution < -0.4 is 0 Å². The van der Waals surface area contributed by atoms with E-state index < -0.39 is 0 Å². The van der Waals surface area contributed by atoms with E-state index in [1.54, 1.807) is 6.20 Å². The third-order valence-corrected chi connectivity index (χ3v) is 2.74. The van der Waals surface area contributed by atoms with Crippen LogP contribution in [0.4, 0.5) is 0 Å². The number of rotatable bonds is 0. The van der Waals surface area contributed by atoms with Crippen molar-refractivity contribution in [2.75, 3.05) is 0 Å². The van der Waals surface area contributed by atoms with Gasteiger partial charge in [0.1, 0.15) is 0 Å². The van der Waals surface area contributed by atoms with Crippen LogP contribution in [0.25, 0.3) is 11.0 Å². The molecule has 3 nitrogen and oxygen atoms in total. The second-order valence-electron chi connectivity index (χ2n) is 3.94. The molecule has 0 atom stereocenters. The highest BCUT2D eigenvalue weighted by Gasteiger charge is 1.85. The monoisotopic (exact) mass is 235 g/mol. The van der Waals surface area contributed by atoms with Crippen LogP contribution in [-0.2, 0) is 0 Å². The lowest BCUT2D eigenvalue weighted by molar-refractivity contribution is 0.941. The molecule has 0 aliphatic carbocycles. The van der Waals surface area contributed by atoms with Crippen molar-refractivity contribution in [3.63, 3.8) is 0 Å². The lowest BCUT2D eigenvalue weighted by Crippen LogP contribution is -1.84. The Labute approximate surface area is 105 Å². The second-order valence-corrected chi connectivity index (χ2v) is 3.94. The quantitative estimate of drug-likeness (QED) is 0.458. The van der Waals surface area contributed by atoms with E-state index in [9.17, 15) is 0 Å². The molecule has 0 spiro atoms. The Kier molecular flexibility index (Phi) is 2.80. The molecule has 4 rings (SSSR count). The van der Waals surface area contributed by atoms with Gasteiger partial charge in [-0.2, -0.15) is 5.10 Å². The summed E-state index contributed by atoms with van der Waals surface area (Å²) in [6, 6.07) is 18.2. The molecule has 3 heteroatoms. The van der Waals surface area contributed by atoms with Gasteiger partial charge in [0.15, 0.2) is 0 Å². The lowest BCUT2D eigenvalue weighted by Gasteiger charge is -1.88. The van der Waals surface area contributed by atoms with Crippen LogP contribution >= 0.6 is 0 Å². The minimum Gasteiger partial charge on any atom is -0.324 e. The predicted octanol–water partition coefficient (Wildman–Crippen LogP) is 3.27. The molecule has 0 saturated carbocycles. The van der Waals surface area contributed by atoms with Gasteiger partial charge in [-0.05, 0) is 48.5 Å². The molecular formula is C15H13N3. The molecule has 0 N–H and O–H groups in total. The molecule has 0 bridgehead atoms. The highest BCUT2D eigenvalue weighted by atomic mass is 15.2. The van der Waals surface area contributed by atoms with Gasteiger partial charge in [-0.1, -0.05) is 6.07 Å². The van der Waals surface area contributed by atoms with Crippen LogP contribution in [-0.4, -0.2) is 14.0 Å². The van der Waals surface area contributed by atoms with E-state index in [-0.39, 0.29) is 0 Å². The molecule has 0 aliphatic rings. The summed E-state index contributed by atoms with van der Waals surface area (Å²) in [5.74, 6) is 0. The standard InChI is InChI=1S/C8H7N.C7H6N2/c1-2-6-9-7-3-5-8(9)4-1;1-3-7-4-2-6-9(7)8-5-1/h1-7H;1-6H. The molecule has 0 aromatic carbocycles. The Morgan fingerprint density at radius 3 is 2.28 bits per heavy atom. The Balaban J connectivity index is 0.000000111. The maximum Gasteiger partial charge on any atom is 0.0646 e. The average molecular weight is 235 g/mol. The highest BCUT2D eigenvalue weighted by Crippen LogP contribution is 2.01. The summed E-state index contributed by atoms with van der Waals surface area (Å²) >= 11 is 0. The molecule has 0 radical (unpaired) electrons. The summed E-state index contributed by atoms with van der Waals surface area (Å²) in [5.41, 5.74) is 2.38. The highest BCUT2D eigenvalue weighted by molar-refractivity contribution is 5.46. The summed E-state index contributed by atoms with van der Waals surface area (Å²) in [6.07, 6.45) is 7.77. The van der Waals surface area contributed by atoms with E-state index in [1.165, 1.54) is 5.52 Å². The van der Waals surface area contributed by atoms with Crippen molar-refractivity contribution in [1.82, 2.24) is 14.0 Å². The van der Waals surface area contributed by atoms with E-state index in [4.69, 9.17) is 0 Å². The Morgan fingerprint density at radius 1 is 0.667 bits per heavy atom. The Hall–Kier alpha value is -2.55. The van der Waals surface area contributed by atoms with E-state index in [1.807, 2.05) is 65.6 Å². The van der Waals surface area contributed by atoms with Crippen molar-refractivity contribution >= 4 is 11.0 Å². The van der Waals surface area contributed by atoms with Crippen LogP contribution in [0.5, 0.6) is 0 Å². The lowest BCUT2D eigenvalue weighted by atomic mass is 10.4. The van der Waals surface area contributed by atoms with Gasteiger partial charge in [-0.3, -0.25) is 0 Å². The topological polar surface area (TPSA) is 21.7 Å². The third-order valence-electron chi connectivity index (χ3n) is 2.74. The molecule has 0 unspecified atom stereocenters. The van der Waals surface area contributed by atoms with Crippen molar-refractivity contribution in [3.8, 4) is 0 Å². The van der Waals surface area contributed by atoms with E-state index in [0.29, 0.717) is 0 Å². The zero-order chi connectivity index (χ0) is 12.2. The van der Waals surface area contributed by atoms with Crippen molar-refractivity contribution in [2.24, 2.45) is 0 Å². The van der Waals surface area contributed by atoms with Crippen LogP contribution in [0.15, 0.2) is 79.4 Å². The maximum atomic E-state index is 4.06. The molecule has 4 aromatic heterocycles. The van der Waals surface area contributed by atoms with Crippen molar-refractivity contribution in [1.29, 1.82) is 0 Å². The van der Waals surface area contributed by atoms with Crippen molar-refractivity contribution < 1.29 is 0 Å². The number of fused-ring (bicyclic) bond motifs is 2. The van der Waals surface area contributed by atoms with E-state index in [2.05, 4.69) is 21.6 Å². The molecular weight excluding hydrogens is 222 g/mol. The molecule has 18 heavy (non-hydrogen) atoms. The van der Waals surface area contributed by atoms with Crippen LogP contribution in [0.1, 0.15) is 0 Å². The zero-order valence-corrected chi connectivity index (χ0v) is 9.85. The van der Waals surface area contributed by atoms with Gasteiger partial charge < -0.3 is 4.40 Å². The Bertz CT molecular complexity index is 626. The summed E-state index contributed by atoms with van der Waals surface area (Å²) in [6.45, 7) is 0. The summed E-state index contributed by atoms with van der Waals surface area (Å²) in [5, 5.41) is 4.06. The van der Waals surface area contributed by atoms with Gasteiger partial charge in [0.2, 0.25) is 0 Å². The number of hydrogen-bond acceptors (Lipinski definition) is 1. The SMILES string of the molecule is c1ccn2cccc2c1.c1cnn2cccc2c1. The molecule has 4 aromatic rings. The fraction of sp³-hybridized carbons (Fsp3) is 0.